The molecule has 0 amide bonds. The average Bonchev–Trinajstić information content (AvgIpc) is 2.01. The van der Waals surface area contributed by atoms with Crippen LogP contribution in [0.3, 0.4) is 0 Å². The molecular weight excluding hydrogens is 240 g/mol. The van der Waals surface area contributed by atoms with Gasteiger partial charge < -0.3 is 4.55 Å². The van der Waals surface area contributed by atoms with Crippen molar-refractivity contribution in [2.75, 3.05) is 0 Å². The van der Waals surface area contributed by atoms with Gasteiger partial charge in [0.1, 0.15) is 0 Å². The van der Waals surface area contributed by atoms with Crippen LogP contribution in [0.15, 0.2) is 29.2 Å². The molecule has 1 aromatic carbocycles. The number of hydrogen-bond acceptors (Lipinski definition) is 4. The van der Waals surface area contributed by atoms with Crippen LogP contribution in [0.4, 0.5) is 0 Å². The van der Waals surface area contributed by atoms with Gasteiger partial charge in [-0.25, -0.2) is 13.6 Å². The highest BCUT2D eigenvalue weighted by Gasteiger charge is 2.04. The van der Waals surface area contributed by atoms with Crippen LogP contribution in [0.2, 0.25) is 0 Å². The molecule has 1 rings (SSSR count). The van der Waals surface area contributed by atoms with Crippen molar-refractivity contribution in [3.8, 4) is 0 Å². The highest BCUT2D eigenvalue weighted by atomic mass is 32.2. The lowest BCUT2D eigenvalue weighted by Crippen LogP contribution is -2.11. The molecule has 1 unspecified atom stereocenters. The molecule has 0 spiro atoms. The lowest BCUT2D eigenvalue weighted by Gasteiger charge is -1.96. The van der Waals surface area contributed by atoms with Gasteiger partial charge in [-0.3, -0.25) is 9.35 Å². The van der Waals surface area contributed by atoms with Crippen molar-refractivity contribution >= 4 is 21.3 Å². The fourth-order valence-electron chi connectivity index (χ4n) is 0.728. The molecule has 0 saturated heterocycles. The zero-order chi connectivity index (χ0) is 12.1. The Hall–Kier alpha value is -0.800. The van der Waals surface area contributed by atoms with Gasteiger partial charge in [0.05, 0.1) is 4.90 Å². The topological polar surface area (TPSA) is 126 Å². The van der Waals surface area contributed by atoms with Gasteiger partial charge in [0.25, 0.3) is 0 Å². The number of rotatable bonds is 1. The monoisotopic (exact) mass is 251 g/mol. The summed E-state index contributed by atoms with van der Waals surface area (Å²) in [6.07, 6.45) is 0. The zero-order valence-corrected chi connectivity index (χ0v) is 9.55. The first-order chi connectivity index (χ1) is 6.73. The van der Waals surface area contributed by atoms with Crippen LogP contribution in [0.1, 0.15) is 5.56 Å². The Kier molecular flexibility index (Phi) is 5.61. The van der Waals surface area contributed by atoms with Gasteiger partial charge in [0, 0.05) is 11.3 Å². The Morgan fingerprint density at radius 1 is 1.27 bits per heavy atom. The fourth-order valence-corrected chi connectivity index (χ4v) is 1.24. The molecule has 0 saturated carbocycles. The van der Waals surface area contributed by atoms with Gasteiger partial charge in [-0.2, -0.15) is 0 Å². The van der Waals surface area contributed by atoms with Crippen molar-refractivity contribution in [3.63, 3.8) is 0 Å². The predicted octanol–water partition coefficient (Wildman–Crippen LogP) is -0.618. The van der Waals surface area contributed by atoms with Crippen LogP contribution in [0.25, 0.3) is 0 Å². The highest BCUT2D eigenvalue weighted by molar-refractivity contribution is 7.89. The molecule has 0 aliphatic rings. The normalized spacial score (nSPS) is 12.5. The van der Waals surface area contributed by atoms with E-state index in [1.165, 1.54) is 12.1 Å². The first kappa shape index (κ1) is 14.2. The van der Waals surface area contributed by atoms with Gasteiger partial charge in [-0.15, -0.1) is 0 Å². The van der Waals surface area contributed by atoms with E-state index in [1.54, 1.807) is 12.1 Å². The molecule has 6 nitrogen and oxygen atoms in total. The summed E-state index contributed by atoms with van der Waals surface area (Å²) in [5, 5.41) is 8.91. The molecule has 1 atom stereocenters. The van der Waals surface area contributed by atoms with Crippen molar-refractivity contribution in [3.05, 3.63) is 29.8 Å². The molecule has 15 heavy (non-hydrogen) atoms. The minimum atomic E-state index is -3.52. The summed E-state index contributed by atoms with van der Waals surface area (Å²) in [7, 11) is -3.52. The van der Waals surface area contributed by atoms with E-state index in [-0.39, 0.29) is 4.90 Å². The molecular formula is C7H11N2O4S2-. The lowest BCUT2D eigenvalue weighted by atomic mass is 10.2. The summed E-state index contributed by atoms with van der Waals surface area (Å²) in [6.45, 7) is 1.88. The maximum atomic E-state index is 10.7. The molecule has 4 N–H and O–H groups in total. The Bertz CT molecular complexity index is 423. The summed E-state index contributed by atoms with van der Waals surface area (Å²) < 4.78 is 39.0. The quantitative estimate of drug-likeness (QED) is 0.645. The molecule has 0 bridgehead atoms. The Labute approximate surface area is 90.8 Å². The Balaban J connectivity index is 0.000000423. The van der Waals surface area contributed by atoms with E-state index in [0.29, 0.717) is 0 Å². The molecule has 0 aromatic heterocycles. The molecule has 86 valence electrons. The summed E-state index contributed by atoms with van der Waals surface area (Å²) in [5.41, 5.74) is 1.01. The maximum absolute atomic E-state index is 10.7. The Morgan fingerprint density at radius 3 is 1.87 bits per heavy atom. The number of primary sulfonamides is 1. The van der Waals surface area contributed by atoms with E-state index in [0.717, 1.165) is 5.56 Å². The smallest absolute Gasteiger partial charge is 0.238 e. The summed E-state index contributed by atoms with van der Waals surface area (Å²) in [6, 6.07) is 6.40. The van der Waals surface area contributed by atoms with Gasteiger partial charge in [0.15, 0.2) is 0 Å². The first-order valence-corrected chi connectivity index (χ1v) is 6.35. The van der Waals surface area contributed by atoms with E-state index in [2.05, 4.69) is 5.14 Å². The third-order valence-corrected chi connectivity index (χ3v) is 2.28. The maximum Gasteiger partial charge on any atom is 0.238 e. The summed E-state index contributed by atoms with van der Waals surface area (Å²) >= 11 is -2.36. The van der Waals surface area contributed by atoms with E-state index in [9.17, 15) is 8.42 Å². The van der Waals surface area contributed by atoms with Crippen LogP contribution in [0, 0.1) is 6.92 Å². The average molecular weight is 251 g/mol. The standard InChI is InChI=1S/C7H9NO2S.H3NO2S/c1-6-2-4-7(5-3-6)11(8,9)10;1-4(2)3/h2-5H,1H3,(H2,8,9,10);1H2,(H,2,3)/p-1. The van der Waals surface area contributed by atoms with Crippen LogP contribution < -0.4 is 10.3 Å². The van der Waals surface area contributed by atoms with Crippen LogP contribution in [-0.4, -0.2) is 17.2 Å². The molecule has 8 heteroatoms. The SMILES string of the molecule is Cc1ccc(S(N)(=O)=O)cc1.NS(=O)[O-]. The number of sulfonamides is 1. The predicted molar refractivity (Wildman–Crippen MR) is 55.7 cm³/mol. The van der Waals surface area contributed by atoms with Crippen LogP contribution >= 0.6 is 0 Å². The second-order valence-electron chi connectivity index (χ2n) is 2.62. The van der Waals surface area contributed by atoms with Crippen molar-refractivity contribution in [1.82, 2.24) is 0 Å². The Morgan fingerprint density at radius 2 is 1.60 bits per heavy atom. The van der Waals surface area contributed by atoms with Crippen molar-refractivity contribution in [2.24, 2.45) is 10.3 Å². The fraction of sp³-hybridized carbons (Fsp3) is 0.143. The summed E-state index contributed by atoms with van der Waals surface area (Å²) in [4.78, 5) is 0.156. The molecule has 1 aromatic rings. The van der Waals surface area contributed by atoms with Crippen LogP contribution in [-0.2, 0) is 21.3 Å². The molecule has 0 radical (unpaired) electrons. The van der Waals surface area contributed by atoms with E-state index in [1.807, 2.05) is 6.92 Å². The van der Waals surface area contributed by atoms with Gasteiger partial charge >= 0.3 is 0 Å². The van der Waals surface area contributed by atoms with Gasteiger partial charge in [-0.1, -0.05) is 17.7 Å². The number of aryl methyl sites for hydroxylation is 1. The van der Waals surface area contributed by atoms with E-state index in [4.69, 9.17) is 13.9 Å². The minimum Gasteiger partial charge on any atom is -0.760 e. The number of hydrogen-bond donors (Lipinski definition) is 2. The van der Waals surface area contributed by atoms with Crippen LogP contribution in [0.5, 0.6) is 0 Å². The van der Waals surface area contributed by atoms with Crippen molar-refractivity contribution < 1.29 is 17.2 Å². The molecule has 0 aliphatic heterocycles. The number of nitrogens with two attached hydrogens (primary N) is 2. The minimum absolute atomic E-state index is 0.156. The zero-order valence-electron chi connectivity index (χ0n) is 7.91. The third kappa shape index (κ3) is 7.17. The van der Waals surface area contributed by atoms with E-state index < -0.39 is 21.3 Å². The van der Waals surface area contributed by atoms with Gasteiger partial charge in [0.2, 0.25) is 10.0 Å². The second-order valence-corrected chi connectivity index (χ2v) is 4.70. The highest BCUT2D eigenvalue weighted by Crippen LogP contribution is 2.06. The van der Waals surface area contributed by atoms with Crippen molar-refractivity contribution in [1.29, 1.82) is 0 Å². The lowest BCUT2D eigenvalue weighted by molar-refractivity contribution is 0.538. The molecule has 0 fully saturated rings. The number of benzene rings is 1. The first-order valence-electron chi connectivity index (χ1n) is 3.66. The second kappa shape index (κ2) is 5.93. The van der Waals surface area contributed by atoms with Crippen molar-refractivity contribution in [2.45, 2.75) is 11.8 Å². The largest absolute Gasteiger partial charge is 0.760 e. The molecule has 0 aliphatic carbocycles. The third-order valence-electron chi connectivity index (χ3n) is 1.35. The summed E-state index contributed by atoms with van der Waals surface area (Å²) in [5.74, 6) is 0. The molecule has 0 heterocycles. The van der Waals surface area contributed by atoms with E-state index >= 15 is 0 Å². The van der Waals surface area contributed by atoms with Gasteiger partial charge in [-0.05, 0) is 19.1 Å².